The molecule has 88 valence electrons. The summed E-state index contributed by atoms with van der Waals surface area (Å²) in [6.07, 6.45) is 4.03. The molecule has 1 amide bonds. The molecule has 0 bridgehead atoms. The van der Waals surface area contributed by atoms with Crippen LogP contribution in [0, 0.1) is 0 Å². The number of carbonyl (C=O) groups excluding carboxylic acids is 2. The zero-order chi connectivity index (χ0) is 12.4. The summed E-state index contributed by atoms with van der Waals surface area (Å²) in [6.45, 7) is 3.07. The Kier molecular flexibility index (Phi) is 3.09. The first-order valence-electron chi connectivity index (χ1n) is 5.65. The first-order valence-corrected chi connectivity index (χ1v) is 5.65. The molecular formula is C14H15NO2. The van der Waals surface area contributed by atoms with Gasteiger partial charge in [0.05, 0.1) is 6.04 Å². The van der Waals surface area contributed by atoms with Gasteiger partial charge in [-0.15, -0.1) is 0 Å². The normalized spacial score (nSPS) is 17.8. The lowest BCUT2D eigenvalue weighted by Gasteiger charge is -2.32. The highest BCUT2D eigenvalue weighted by Crippen LogP contribution is 2.32. The minimum atomic E-state index is -0.161. The number of nitrogens with zero attached hydrogens (tertiary/aromatic N) is 1. The number of hydrogen-bond donors (Lipinski definition) is 0. The number of amides is 1. The highest BCUT2D eigenvalue weighted by Gasteiger charge is 2.26. The molecule has 1 unspecified atom stereocenters. The van der Waals surface area contributed by atoms with E-state index in [0.29, 0.717) is 6.42 Å². The van der Waals surface area contributed by atoms with E-state index in [-0.39, 0.29) is 17.7 Å². The van der Waals surface area contributed by atoms with E-state index >= 15 is 0 Å². The highest BCUT2D eigenvalue weighted by molar-refractivity contribution is 5.81. The Bertz CT molecular complexity index is 491. The molecule has 0 spiro atoms. The number of ketones is 1. The second-order valence-electron chi connectivity index (χ2n) is 4.29. The molecule has 1 aromatic rings. The Labute approximate surface area is 101 Å². The van der Waals surface area contributed by atoms with Crippen molar-refractivity contribution in [2.45, 2.75) is 26.3 Å². The van der Waals surface area contributed by atoms with Crippen LogP contribution in [0.5, 0.6) is 0 Å². The van der Waals surface area contributed by atoms with Crippen molar-refractivity contribution in [1.82, 2.24) is 4.90 Å². The molecule has 2 rings (SSSR count). The third kappa shape index (κ3) is 2.28. The van der Waals surface area contributed by atoms with Gasteiger partial charge >= 0.3 is 0 Å². The Morgan fingerprint density at radius 1 is 1.24 bits per heavy atom. The number of benzene rings is 1. The van der Waals surface area contributed by atoms with Crippen molar-refractivity contribution >= 4 is 17.8 Å². The zero-order valence-corrected chi connectivity index (χ0v) is 10.0. The first kappa shape index (κ1) is 11.6. The van der Waals surface area contributed by atoms with Crippen LogP contribution in [0.15, 0.2) is 30.5 Å². The highest BCUT2D eigenvalue weighted by atomic mass is 16.2. The van der Waals surface area contributed by atoms with Gasteiger partial charge in [0.25, 0.3) is 0 Å². The Morgan fingerprint density at radius 2 is 1.94 bits per heavy atom. The van der Waals surface area contributed by atoms with E-state index in [1.54, 1.807) is 18.0 Å². The Balaban J connectivity index is 2.43. The molecule has 0 radical (unpaired) electrons. The topological polar surface area (TPSA) is 37.4 Å². The largest absolute Gasteiger partial charge is 0.311 e. The zero-order valence-electron chi connectivity index (χ0n) is 10.0. The van der Waals surface area contributed by atoms with Crippen molar-refractivity contribution in [2.24, 2.45) is 0 Å². The molecule has 0 N–H and O–H groups in total. The average molecular weight is 229 g/mol. The van der Waals surface area contributed by atoms with Gasteiger partial charge in [-0.3, -0.25) is 9.59 Å². The van der Waals surface area contributed by atoms with E-state index in [2.05, 4.69) is 0 Å². The SMILES string of the molecule is CC(=O)CC1c2ccccc2C=CN1C(C)=O. The van der Waals surface area contributed by atoms with E-state index in [1.165, 1.54) is 6.92 Å². The number of fused-ring (bicyclic) bond motifs is 1. The van der Waals surface area contributed by atoms with Gasteiger partial charge in [0.1, 0.15) is 5.78 Å². The monoisotopic (exact) mass is 229 g/mol. The lowest BCUT2D eigenvalue weighted by atomic mass is 9.93. The van der Waals surface area contributed by atoms with Gasteiger partial charge < -0.3 is 4.90 Å². The molecule has 1 heterocycles. The minimum Gasteiger partial charge on any atom is -0.311 e. The summed E-state index contributed by atoms with van der Waals surface area (Å²) in [4.78, 5) is 24.5. The van der Waals surface area contributed by atoms with Crippen LogP contribution in [-0.2, 0) is 9.59 Å². The molecule has 1 aromatic carbocycles. The van der Waals surface area contributed by atoms with Crippen molar-refractivity contribution in [1.29, 1.82) is 0 Å². The van der Waals surface area contributed by atoms with Gasteiger partial charge in [0, 0.05) is 19.5 Å². The van der Waals surface area contributed by atoms with Crippen molar-refractivity contribution < 1.29 is 9.59 Å². The van der Waals surface area contributed by atoms with Crippen molar-refractivity contribution in [3.63, 3.8) is 0 Å². The number of hydrogen-bond acceptors (Lipinski definition) is 2. The number of rotatable bonds is 2. The van der Waals surface area contributed by atoms with Gasteiger partial charge in [-0.1, -0.05) is 24.3 Å². The molecule has 3 nitrogen and oxygen atoms in total. The van der Waals surface area contributed by atoms with E-state index in [4.69, 9.17) is 0 Å². The quantitative estimate of drug-likeness (QED) is 0.781. The van der Waals surface area contributed by atoms with Crippen LogP contribution in [0.3, 0.4) is 0 Å². The lowest BCUT2D eigenvalue weighted by molar-refractivity contribution is -0.129. The molecule has 0 saturated carbocycles. The van der Waals surface area contributed by atoms with Crippen molar-refractivity contribution in [2.75, 3.05) is 0 Å². The van der Waals surface area contributed by atoms with E-state index < -0.39 is 0 Å². The molecular weight excluding hydrogens is 214 g/mol. The second kappa shape index (κ2) is 4.53. The van der Waals surface area contributed by atoms with Crippen LogP contribution in [-0.4, -0.2) is 16.6 Å². The van der Waals surface area contributed by atoms with Crippen LogP contribution < -0.4 is 0 Å². The van der Waals surface area contributed by atoms with Crippen molar-refractivity contribution in [3.05, 3.63) is 41.6 Å². The maximum absolute atomic E-state index is 11.6. The minimum absolute atomic E-state index is 0.0398. The molecule has 0 saturated heterocycles. The molecule has 3 heteroatoms. The standard InChI is InChI=1S/C14H15NO2/c1-10(16)9-14-13-6-4-3-5-12(13)7-8-15(14)11(2)17/h3-8,14H,9H2,1-2H3. The van der Waals surface area contributed by atoms with Gasteiger partial charge in [-0.25, -0.2) is 0 Å². The first-order chi connectivity index (χ1) is 8.09. The van der Waals surface area contributed by atoms with Gasteiger partial charge in [-0.05, 0) is 24.1 Å². The summed E-state index contributed by atoms with van der Waals surface area (Å²) in [5.74, 6) is 0.0494. The number of Topliss-reactive ketones (excluding diaryl/α,β-unsaturated/α-hetero) is 1. The second-order valence-corrected chi connectivity index (χ2v) is 4.29. The lowest BCUT2D eigenvalue weighted by Crippen LogP contribution is -2.31. The smallest absolute Gasteiger partial charge is 0.223 e. The number of carbonyl (C=O) groups is 2. The van der Waals surface area contributed by atoms with E-state index in [1.807, 2.05) is 30.3 Å². The fourth-order valence-corrected chi connectivity index (χ4v) is 2.19. The average Bonchev–Trinajstić information content (AvgIpc) is 2.28. The summed E-state index contributed by atoms with van der Waals surface area (Å²) >= 11 is 0. The van der Waals surface area contributed by atoms with Crippen LogP contribution in [0.25, 0.3) is 6.08 Å². The van der Waals surface area contributed by atoms with Crippen LogP contribution in [0.2, 0.25) is 0 Å². The van der Waals surface area contributed by atoms with E-state index in [9.17, 15) is 9.59 Å². The van der Waals surface area contributed by atoms with Gasteiger partial charge in [0.2, 0.25) is 5.91 Å². The van der Waals surface area contributed by atoms with Crippen LogP contribution in [0.4, 0.5) is 0 Å². The summed E-state index contributed by atoms with van der Waals surface area (Å²) in [5.41, 5.74) is 2.12. The fraction of sp³-hybridized carbons (Fsp3) is 0.286. The fourth-order valence-electron chi connectivity index (χ4n) is 2.19. The molecule has 1 aliphatic rings. The Hall–Kier alpha value is -1.90. The molecule has 0 aromatic heterocycles. The molecule has 17 heavy (non-hydrogen) atoms. The molecule has 0 aliphatic carbocycles. The van der Waals surface area contributed by atoms with Gasteiger partial charge in [-0.2, -0.15) is 0 Å². The molecule has 1 atom stereocenters. The molecule has 1 aliphatic heterocycles. The Morgan fingerprint density at radius 3 is 2.59 bits per heavy atom. The molecule has 0 fully saturated rings. The summed E-state index contributed by atoms with van der Waals surface area (Å²) in [5, 5.41) is 0. The third-order valence-corrected chi connectivity index (χ3v) is 2.95. The summed E-state index contributed by atoms with van der Waals surface area (Å²) in [6, 6.07) is 7.70. The summed E-state index contributed by atoms with van der Waals surface area (Å²) in [7, 11) is 0. The van der Waals surface area contributed by atoms with E-state index in [0.717, 1.165) is 11.1 Å². The third-order valence-electron chi connectivity index (χ3n) is 2.95. The maximum atomic E-state index is 11.6. The predicted molar refractivity (Wildman–Crippen MR) is 66.0 cm³/mol. The van der Waals surface area contributed by atoms with Crippen LogP contribution in [0.1, 0.15) is 37.4 Å². The predicted octanol–water partition coefficient (Wildman–Crippen LogP) is 2.54. The summed E-state index contributed by atoms with van der Waals surface area (Å²) < 4.78 is 0. The van der Waals surface area contributed by atoms with Crippen molar-refractivity contribution in [3.8, 4) is 0 Å². The maximum Gasteiger partial charge on any atom is 0.223 e. The van der Waals surface area contributed by atoms with Gasteiger partial charge in [0.15, 0.2) is 0 Å². The van der Waals surface area contributed by atoms with Crippen LogP contribution >= 0.6 is 0 Å².